The highest BCUT2D eigenvalue weighted by Gasteiger charge is 2.21. The molecular formula is C18H29N3O4. The summed E-state index contributed by atoms with van der Waals surface area (Å²) < 4.78 is 10.9. The van der Waals surface area contributed by atoms with E-state index >= 15 is 0 Å². The molecule has 1 aliphatic rings. The number of ether oxygens (including phenoxy) is 2. The Balaban J connectivity index is 2.25. The predicted molar refractivity (Wildman–Crippen MR) is 97.2 cm³/mol. The first-order chi connectivity index (χ1) is 12.1. The number of rotatable bonds is 7. The van der Waals surface area contributed by atoms with E-state index in [2.05, 4.69) is 9.89 Å². The number of aliphatic hydroxyl groups is 1. The molecule has 2 rings (SSSR count). The van der Waals surface area contributed by atoms with E-state index < -0.39 is 6.10 Å². The number of likely N-dealkylation sites (tertiary alicyclic amines) is 1. The number of aliphatic imine (C=N–C) groups is 1. The number of β-amino-alcohol motifs (C(OH)–C–C–N with tert-alkyl or cyclic N) is 1. The maximum Gasteiger partial charge on any atom is 0.166 e. The highest BCUT2D eigenvalue weighted by molar-refractivity contribution is 5.82. The van der Waals surface area contributed by atoms with Crippen LogP contribution >= 0.6 is 0 Å². The van der Waals surface area contributed by atoms with Gasteiger partial charge in [-0.3, -0.25) is 10.7 Å². The molecule has 0 spiro atoms. The number of nitrogens with one attached hydrogen (secondary N) is 1. The van der Waals surface area contributed by atoms with E-state index in [1.165, 1.54) is 19.3 Å². The van der Waals surface area contributed by atoms with E-state index in [-0.39, 0.29) is 0 Å². The van der Waals surface area contributed by atoms with Crippen molar-refractivity contribution in [1.82, 2.24) is 10.4 Å². The Bertz CT molecular complexity index is 586. The van der Waals surface area contributed by atoms with Crippen molar-refractivity contribution in [1.29, 1.82) is 0 Å². The van der Waals surface area contributed by atoms with Crippen LogP contribution in [0.15, 0.2) is 17.1 Å². The van der Waals surface area contributed by atoms with Crippen molar-refractivity contribution in [2.75, 3.05) is 33.9 Å². The topological polar surface area (TPSA) is 86.5 Å². The molecule has 0 radical (unpaired) electrons. The summed E-state index contributed by atoms with van der Waals surface area (Å²) in [6, 6.07) is 3.56. The first kappa shape index (κ1) is 19.5. The van der Waals surface area contributed by atoms with Crippen molar-refractivity contribution in [2.45, 2.75) is 38.7 Å². The molecule has 25 heavy (non-hydrogen) atoms. The zero-order chi connectivity index (χ0) is 18.2. The van der Waals surface area contributed by atoms with Crippen LogP contribution in [0, 0.1) is 0 Å². The molecule has 1 aliphatic heterocycles. The van der Waals surface area contributed by atoms with Gasteiger partial charge < -0.3 is 19.5 Å². The summed E-state index contributed by atoms with van der Waals surface area (Å²) in [5.74, 6) is 1.52. The fourth-order valence-electron chi connectivity index (χ4n) is 3.23. The van der Waals surface area contributed by atoms with E-state index in [0.717, 1.165) is 18.7 Å². The monoisotopic (exact) mass is 351 g/mol. The maximum atomic E-state index is 10.6. The maximum absolute atomic E-state index is 10.6. The van der Waals surface area contributed by atoms with Crippen LogP contribution in [0.5, 0.6) is 11.5 Å². The van der Waals surface area contributed by atoms with Crippen molar-refractivity contribution in [2.24, 2.45) is 4.99 Å². The average Bonchev–Trinajstić information content (AvgIpc) is 2.63. The Morgan fingerprint density at radius 3 is 2.56 bits per heavy atom. The van der Waals surface area contributed by atoms with Crippen LogP contribution < -0.4 is 15.0 Å². The number of amidine groups is 1. The molecule has 3 N–H and O–H groups in total. The highest BCUT2D eigenvalue weighted by Crippen LogP contribution is 2.38. The van der Waals surface area contributed by atoms with E-state index in [0.29, 0.717) is 36.0 Å². The van der Waals surface area contributed by atoms with Crippen LogP contribution in [0.4, 0.5) is 5.69 Å². The van der Waals surface area contributed by atoms with Gasteiger partial charge in [0.2, 0.25) is 0 Å². The minimum atomic E-state index is -0.532. The van der Waals surface area contributed by atoms with Crippen molar-refractivity contribution in [3.05, 3.63) is 17.7 Å². The van der Waals surface area contributed by atoms with Gasteiger partial charge in [0.15, 0.2) is 11.5 Å². The number of hydrogen-bond acceptors (Lipinski definition) is 6. The molecule has 7 nitrogen and oxygen atoms in total. The summed E-state index contributed by atoms with van der Waals surface area (Å²) in [6.45, 7) is 4.35. The lowest BCUT2D eigenvalue weighted by atomic mass is 10.0. The molecule has 1 atom stereocenters. The van der Waals surface area contributed by atoms with Crippen LogP contribution in [-0.2, 0) is 6.42 Å². The Morgan fingerprint density at radius 2 is 1.96 bits per heavy atom. The van der Waals surface area contributed by atoms with Gasteiger partial charge in [0, 0.05) is 18.5 Å². The first-order valence-electron chi connectivity index (χ1n) is 8.68. The number of methoxy groups -OCH3 is 2. The van der Waals surface area contributed by atoms with Gasteiger partial charge in [-0.25, -0.2) is 4.99 Å². The molecule has 0 saturated carbocycles. The standard InChI is InChI=1S/C18H29N3O4/c1-13(20-23)19-16-7-8-17(24-2)18(25-3)15(16)11-14(22)12-21-9-5-4-6-10-21/h7-8,14,22-23H,4-6,9-12H2,1-3H3,(H,19,20). The van der Waals surface area contributed by atoms with E-state index in [9.17, 15) is 5.11 Å². The molecule has 1 heterocycles. The SMILES string of the molecule is COc1ccc(N=C(C)NO)c(CC(O)CN2CCCCC2)c1OC. The van der Waals surface area contributed by atoms with Crippen LogP contribution in [0.3, 0.4) is 0 Å². The fraction of sp³-hybridized carbons (Fsp3) is 0.611. The molecule has 0 amide bonds. The molecule has 1 saturated heterocycles. The lowest BCUT2D eigenvalue weighted by molar-refractivity contribution is 0.101. The van der Waals surface area contributed by atoms with Crippen LogP contribution in [0.1, 0.15) is 31.7 Å². The Kier molecular flexibility index (Phi) is 7.49. The van der Waals surface area contributed by atoms with Crippen LogP contribution in [0.25, 0.3) is 0 Å². The summed E-state index contributed by atoms with van der Waals surface area (Å²) in [7, 11) is 3.15. The van der Waals surface area contributed by atoms with Gasteiger partial charge in [-0.1, -0.05) is 6.42 Å². The van der Waals surface area contributed by atoms with E-state index in [1.807, 2.05) is 5.48 Å². The van der Waals surface area contributed by atoms with Gasteiger partial charge in [0.05, 0.1) is 26.0 Å². The smallest absolute Gasteiger partial charge is 0.166 e. The first-order valence-corrected chi connectivity index (χ1v) is 8.68. The summed E-state index contributed by atoms with van der Waals surface area (Å²) in [6.07, 6.45) is 3.50. The summed E-state index contributed by atoms with van der Waals surface area (Å²) >= 11 is 0. The quantitative estimate of drug-likeness (QED) is 0.396. The van der Waals surface area contributed by atoms with E-state index in [4.69, 9.17) is 14.7 Å². The minimum Gasteiger partial charge on any atom is -0.493 e. The van der Waals surface area contributed by atoms with Gasteiger partial charge in [0.1, 0.15) is 5.84 Å². The molecule has 1 aromatic rings. The van der Waals surface area contributed by atoms with Crippen molar-refractivity contribution >= 4 is 11.5 Å². The molecule has 0 aliphatic carbocycles. The van der Waals surface area contributed by atoms with Crippen molar-refractivity contribution in [3.8, 4) is 11.5 Å². The molecular weight excluding hydrogens is 322 g/mol. The average molecular weight is 351 g/mol. The number of hydrogen-bond donors (Lipinski definition) is 3. The van der Waals surface area contributed by atoms with Gasteiger partial charge in [-0.2, -0.15) is 0 Å². The Morgan fingerprint density at radius 1 is 1.24 bits per heavy atom. The van der Waals surface area contributed by atoms with Crippen molar-refractivity contribution < 1.29 is 19.8 Å². The Hall–Kier alpha value is -1.83. The normalized spacial score (nSPS) is 17.2. The zero-order valence-corrected chi connectivity index (χ0v) is 15.3. The third-order valence-electron chi connectivity index (χ3n) is 4.43. The van der Waals surface area contributed by atoms with Gasteiger partial charge in [-0.05, 0) is 45.0 Å². The van der Waals surface area contributed by atoms with Crippen LogP contribution in [-0.4, -0.2) is 61.0 Å². The molecule has 1 fully saturated rings. The summed E-state index contributed by atoms with van der Waals surface area (Å²) in [5.41, 5.74) is 3.43. The zero-order valence-electron chi connectivity index (χ0n) is 15.3. The number of hydroxylamine groups is 1. The Labute approximate surface area is 149 Å². The highest BCUT2D eigenvalue weighted by atomic mass is 16.5. The lowest BCUT2D eigenvalue weighted by Gasteiger charge is -2.29. The second-order valence-electron chi connectivity index (χ2n) is 6.33. The van der Waals surface area contributed by atoms with Gasteiger partial charge in [-0.15, -0.1) is 0 Å². The lowest BCUT2D eigenvalue weighted by Crippen LogP contribution is -2.37. The predicted octanol–water partition coefficient (Wildman–Crippen LogP) is 2.12. The van der Waals surface area contributed by atoms with Crippen molar-refractivity contribution in [3.63, 3.8) is 0 Å². The molecule has 7 heteroatoms. The third kappa shape index (κ3) is 5.32. The van der Waals surface area contributed by atoms with E-state index in [1.54, 1.807) is 33.3 Å². The summed E-state index contributed by atoms with van der Waals surface area (Å²) in [4.78, 5) is 6.65. The van der Waals surface area contributed by atoms with Crippen LogP contribution in [0.2, 0.25) is 0 Å². The molecule has 1 unspecified atom stereocenters. The second-order valence-corrected chi connectivity index (χ2v) is 6.33. The largest absolute Gasteiger partial charge is 0.493 e. The molecule has 1 aromatic carbocycles. The molecule has 0 bridgehead atoms. The van der Waals surface area contributed by atoms with Gasteiger partial charge >= 0.3 is 0 Å². The second kappa shape index (κ2) is 9.60. The third-order valence-corrected chi connectivity index (χ3v) is 4.43. The molecule has 0 aromatic heterocycles. The summed E-state index contributed by atoms with van der Waals surface area (Å²) in [5, 5.41) is 19.6. The fourth-order valence-corrected chi connectivity index (χ4v) is 3.23. The molecule has 140 valence electrons. The number of aliphatic hydroxyl groups excluding tert-OH is 1. The number of nitrogens with zero attached hydrogens (tertiary/aromatic N) is 2. The van der Waals surface area contributed by atoms with Gasteiger partial charge in [0.25, 0.3) is 0 Å². The minimum absolute atomic E-state index is 0.360. The number of piperidine rings is 1. The number of benzene rings is 1.